The predicted octanol–water partition coefficient (Wildman–Crippen LogP) is 5.39. The summed E-state index contributed by atoms with van der Waals surface area (Å²) in [5, 5.41) is 0. The van der Waals surface area contributed by atoms with Crippen LogP contribution in [0.5, 0.6) is 0 Å². The standard InChI is InChI=1S/C28H40N2O2/c1-27(2,3)23-7-6-8-25(19-23)30-15-18-32-26(21-30)20-28(4,5)22-9-11-24(12-10-22)29-13-16-31-17-14-29/h6-12,19,26H,13-18,20-21H2,1-5H3. The van der Waals surface area contributed by atoms with E-state index in [1.165, 1.54) is 22.5 Å². The van der Waals surface area contributed by atoms with Crippen LogP contribution in [-0.2, 0) is 20.3 Å². The molecular weight excluding hydrogens is 396 g/mol. The maximum absolute atomic E-state index is 6.24. The van der Waals surface area contributed by atoms with Crippen molar-refractivity contribution < 1.29 is 9.47 Å². The first-order valence-electron chi connectivity index (χ1n) is 12.1. The van der Waals surface area contributed by atoms with Gasteiger partial charge in [-0.2, -0.15) is 0 Å². The molecule has 2 saturated heterocycles. The Morgan fingerprint density at radius 1 is 0.781 bits per heavy atom. The summed E-state index contributed by atoms with van der Waals surface area (Å²) in [6, 6.07) is 18.2. The van der Waals surface area contributed by atoms with Crippen molar-refractivity contribution in [2.24, 2.45) is 0 Å². The fraction of sp³-hybridized carbons (Fsp3) is 0.571. The number of nitrogens with zero attached hydrogens (tertiary/aromatic N) is 2. The lowest BCUT2D eigenvalue weighted by atomic mass is 9.79. The minimum absolute atomic E-state index is 0.0600. The number of hydrogen-bond donors (Lipinski definition) is 0. The van der Waals surface area contributed by atoms with Crippen LogP contribution in [0, 0.1) is 0 Å². The third-order valence-corrected chi connectivity index (χ3v) is 6.98. The van der Waals surface area contributed by atoms with E-state index in [2.05, 4.69) is 92.9 Å². The van der Waals surface area contributed by atoms with Gasteiger partial charge in [0, 0.05) is 37.6 Å². The molecule has 32 heavy (non-hydrogen) atoms. The highest BCUT2D eigenvalue weighted by Crippen LogP contribution is 2.33. The number of rotatable bonds is 5. The summed E-state index contributed by atoms with van der Waals surface area (Å²) in [6.07, 6.45) is 1.25. The summed E-state index contributed by atoms with van der Waals surface area (Å²) in [6.45, 7) is 17.8. The summed E-state index contributed by atoms with van der Waals surface area (Å²) in [5.41, 5.74) is 5.61. The van der Waals surface area contributed by atoms with Gasteiger partial charge in [-0.15, -0.1) is 0 Å². The summed E-state index contributed by atoms with van der Waals surface area (Å²) >= 11 is 0. The van der Waals surface area contributed by atoms with Crippen LogP contribution in [0.1, 0.15) is 52.2 Å². The second kappa shape index (κ2) is 9.44. The van der Waals surface area contributed by atoms with Gasteiger partial charge in [0.2, 0.25) is 0 Å². The van der Waals surface area contributed by atoms with Gasteiger partial charge in [0.25, 0.3) is 0 Å². The minimum atomic E-state index is 0.0600. The third-order valence-electron chi connectivity index (χ3n) is 6.98. The Morgan fingerprint density at radius 3 is 2.16 bits per heavy atom. The average molecular weight is 437 g/mol. The molecule has 0 bridgehead atoms. The number of benzene rings is 2. The predicted molar refractivity (Wildman–Crippen MR) is 134 cm³/mol. The molecule has 2 aromatic rings. The molecule has 2 aliphatic rings. The van der Waals surface area contributed by atoms with Crippen molar-refractivity contribution in [2.45, 2.75) is 58.0 Å². The Bertz CT molecular complexity index is 879. The summed E-state index contributed by atoms with van der Waals surface area (Å²) in [4.78, 5) is 4.91. The van der Waals surface area contributed by atoms with Gasteiger partial charge < -0.3 is 19.3 Å². The molecule has 0 aromatic heterocycles. The van der Waals surface area contributed by atoms with E-state index in [4.69, 9.17) is 9.47 Å². The molecule has 4 rings (SSSR count). The van der Waals surface area contributed by atoms with Crippen LogP contribution in [0.15, 0.2) is 48.5 Å². The van der Waals surface area contributed by atoms with E-state index in [1.807, 2.05) is 0 Å². The second-order valence-electron chi connectivity index (χ2n) is 11.0. The van der Waals surface area contributed by atoms with E-state index in [0.717, 1.165) is 52.4 Å². The molecule has 174 valence electrons. The molecule has 2 fully saturated rings. The Hall–Kier alpha value is -2.04. The molecule has 0 N–H and O–H groups in total. The quantitative estimate of drug-likeness (QED) is 0.627. The Morgan fingerprint density at radius 2 is 1.47 bits per heavy atom. The third kappa shape index (κ3) is 5.47. The smallest absolute Gasteiger partial charge is 0.0759 e. The van der Waals surface area contributed by atoms with E-state index in [1.54, 1.807) is 0 Å². The molecule has 0 radical (unpaired) electrons. The van der Waals surface area contributed by atoms with E-state index in [-0.39, 0.29) is 16.9 Å². The Kier molecular flexibility index (Phi) is 6.83. The van der Waals surface area contributed by atoms with Crippen LogP contribution in [0.25, 0.3) is 0 Å². The molecule has 0 aliphatic carbocycles. The van der Waals surface area contributed by atoms with Gasteiger partial charge >= 0.3 is 0 Å². The molecule has 1 unspecified atom stereocenters. The SMILES string of the molecule is CC(C)(C)c1cccc(N2CCOC(CC(C)(C)c3ccc(N4CCOCC4)cc3)C2)c1. The highest BCUT2D eigenvalue weighted by Gasteiger charge is 2.30. The van der Waals surface area contributed by atoms with Crippen LogP contribution < -0.4 is 9.80 Å². The van der Waals surface area contributed by atoms with E-state index < -0.39 is 0 Å². The lowest BCUT2D eigenvalue weighted by Gasteiger charge is -2.39. The molecule has 0 saturated carbocycles. The molecule has 0 amide bonds. The molecule has 1 atom stereocenters. The summed E-state index contributed by atoms with van der Waals surface area (Å²) in [7, 11) is 0. The van der Waals surface area contributed by atoms with Crippen molar-refractivity contribution >= 4 is 11.4 Å². The monoisotopic (exact) mass is 436 g/mol. The van der Waals surface area contributed by atoms with Gasteiger partial charge in [0.15, 0.2) is 0 Å². The minimum Gasteiger partial charge on any atom is -0.378 e. The zero-order chi connectivity index (χ0) is 22.8. The molecule has 2 aromatic carbocycles. The zero-order valence-corrected chi connectivity index (χ0v) is 20.6. The van der Waals surface area contributed by atoms with Crippen molar-refractivity contribution in [1.82, 2.24) is 0 Å². The van der Waals surface area contributed by atoms with Crippen molar-refractivity contribution in [3.05, 3.63) is 59.7 Å². The van der Waals surface area contributed by atoms with E-state index >= 15 is 0 Å². The number of anilines is 2. The molecular formula is C28H40N2O2. The van der Waals surface area contributed by atoms with Gasteiger partial charge in [-0.25, -0.2) is 0 Å². The maximum atomic E-state index is 6.24. The topological polar surface area (TPSA) is 24.9 Å². The number of ether oxygens (including phenoxy) is 2. The van der Waals surface area contributed by atoms with Crippen molar-refractivity contribution in [3.63, 3.8) is 0 Å². The number of morpholine rings is 2. The first kappa shape index (κ1) is 23.1. The van der Waals surface area contributed by atoms with Crippen molar-refractivity contribution in [3.8, 4) is 0 Å². The molecule has 2 heterocycles. The van der Waals surface area contributed by atoms with E-state index in [9.17, 15) is 0 Å². The lowest BCUT2D eigenvalue weighted by molar-refractivity contribution is 0.0230. The second-order valence-corrected chi connectivity index (χ2v) is 11.0. The van der Waals surface area contributed by atoms with Gasteiger partial charge in [-0.3, -0.25) is 0 Å². The average Bonchev–Trinajstić information content (AvgIpc) is 2.79. The van der Waals surface area contributed by atoms with Gasteiger partial charge in [0.1, 0.15) is 0 Å². The number of hydrogen-bond acceptors (Lipinski definition) is 4. The van der Waals surface area contributed by atoms with Crippen LogP contribution in [-0.4, -0.2) is 52.1 Å². The highest BCUT2D eigenvalue weighted by molar-refractivity contribution is 5.51. The largest absolute Gasteiger partial charge is 0.378 e. The normalized spacial score (nSPS) is 20.5. The van der Waals surface area contributed by atoms with Gasteiger partial charge in [0.05, 0.1) is 25.9 Å². The maximum Gasteiger partial charge on any atom is 0.0759 e. The molecule has 2 aliphatic heterocycles. The summed E-state index contributed by atoms with van der Waals surface area (Å²) < 4.78 is 11.7. The first-order valence-corrected chi connectivity index (χ1v) is 12.1. The van der Waals surface area contributed by atoms with Crippen LogP contribution in [0.2, 0.25) is 0 Å². The van der Waals surface area contributed by atoms with Crippen LogP contribution in [0.3, 0.4) is 0 Å². The van der Waals surface area contributed by atoms with Crippen molar-refractivity contribution in [2.75, 3.05) is 55.8 Å². The fourth-order valence-electron chi connectivity index (χ4n) is 4.88. The van der Waals surface area contributed by atoms with Gasteiger partial charge in [-0.1, -0.05) is 58.9 Å². The zero-order valence-electron chi connectivity index (χ0n) is 20.6. The lowest BCUT2D eigenvalue weighted by Crippen LogP contribution is -2.44. The van der Waals surface area contributed by atoms with Crippen LogP contribution >= 0.6 is 0 Å². The van der Waals surface area contributed by atoms with Crippen LogP contribution in [0.4, 0.5) is 11.4 Å². The van der Waals surface area contributed by atoms with Crippen molar-refractivity contribution in [1.29, 1.82) is 0 Å². The molecule has 0 spiro atoms. The summed E-state index contributed by atoms with van der Waals surface area (Å²) in [5.74, 6) is 0. The van der Waals surface area contributed by atoms with E-state index in [0.29, 0.717) is 0 Å². The molecule has 4 nitrogen and oxygen atoms in total. The fourth-order valence-corrected chi connectivity index (χ4v) is 4.88. The Balaban J connectivity index is 1.41. The molecule has 4 heteroatoms. The first-order chi connectivity index (χ1) is 15.2. The van der Waals surface area contributed by atoms with Gasteiger partial charge in [-0.05, 0) is 52.6 Å². The Labute approximate surface area is 194 Å². The highest BCUT2D eigenvalue weighted by atomic mass is 16.5.